The van der Waals surface area contributed by atoms with E-state index in [0.29, 0.717) is 6.04 Å². The zero-order valence-corrected chi connectivity index (χ0v) is 15.1. The molecule has 134 valence electrons. The number of H-pyrrole nitrogens is 1. The lowest BCUT2D eigenvalue weighted by Gasteiger charge is -2.34. The van der Waals surface area contributed by atoms with Crippen molar-refractivity contribution in [2.75, 3.05) is 0 Å². The second-order valence-corrected chi connectivity index (χ2v) is 7.19. The zero-order valence-electron chi connectivity index (χ0n) is 15.1. The van der Waals surface area contributed by atoms with E-state index in [2.05, 4.69) is 62.5 Å². The summed E-state index contributed by atoms with van der Waals surface area (Å²) in [5.74, 6) is 0. The van der Waals surface area contributed by atoms with Gasteiger partial charge < -0.3 is 0 Å². The number of pyridine rings is 1. The summed E-state index contributed by atoms with van der Waals surface area (Å²) in [6, 6.07) is 15.4. The standard InChI is InChI=1S/C22H26N4/c1-3-7-19(8-4-1)22-20(15-24-25-22)17-26(21-9-5-2-6-10-21)16-18-11-13-23-14-12-18/h1,3-4,7-8,11-15,21H,2,5-6,9-10,16-17H2,(H,24,25). The third kappa shape index (κ3) is 4.02. The minimum atomic E-state index is 0.649. The lowest BCUT2D eigenvalue weighted by molar-refractivity contribution is 0.140. The topological polar surface area (TPSA) is 44.8 Å². The number of hydrogen-bond donors (Lipinski definition) is 1. The molecule has 1 saturated carbocycles. The number of nitrogens with one attached hydrogen (secondary N) is 1. The fraction of sp³-hybridized carbons (Fsp3) is 0.364. The van der Waals surface area contributed by atoms with Gasteiger partial charge in [0.1, 0.15) is 0 Å². The molecule has 0 saturated heterocycles. The maximum absolute atomic E-state index is 4.34. The highest BCUT2D eigenvalue weighted by atomic mass is 15.2. The molecule has 0 unspecified atom stereocenters. The molecular weight excluding hydrogens is 320 g/mol. The Kier molecular flexibility index (Phi) is 5.41. The Bertz CT molecular complexity index is 791. The molecule has 0 amide bonds. The number of aromatic nitrogens is 3. The van der Waals surface area contributed by atoms with Crippen LogP contribution in [0.5, 0.6) is 0 Å². The highest BCUT2D eigenvalue weighted by Gasteiger charge is 2.23. The molecule has 4 nitrogen and oxygen atoms in total. The van der Waals surface area contributed by atoms with E-state index in [1.54, 1.807) is 0 Å². The fourth-order valence-electron chi connectivity index (χ4n) is 3.99. The van der Waals surface area contributed by atoms with Gasteiger partial charge in [0.15, 0.2) is 0 Å². The van der Waals surface area contributed by atoms with Crippen molar-refractivity contribution < 1.29 is 0 Å². The van der Waals surface area contributed by atoms with Crippen LogP contribution in [0.1, 0.15) is 43.2 Å². The Balaban J connectivity index is 1.58. The summed E-state index contributed by atoms with van der Waals surface area (Å²) in [5.41, 5.74) is 4.94. The summed E-state index contributed by atoms with van der Waals surface area (Å²) in [5, 5.41) is 7.55. The first-order valence-electron chi connectivity index (χ1n) is 9.61. The molecule has 0 bridgehead atoms. The third-order valence-electron chi connectivity index (χ3n) is 5.38. The number of rotatable bonds is 6. The van der Waals surface area contributed by atoms with Gasteiger partial charge in [0.25, 0.3) is 0 Å². The van der Waals surface area contributed by atoms with E-state index in [4.69, 9.17) is 0 Å². The van der Waals surface area contributed by atoms with Gasteiger partial charge >= 0.3 is 0 Å². The molecule has 3 aromatic rings. The molecule has 2 heterocycles. The summed E-state index contributed by atoms with van der Waals surface area (Å²) in [7, 11) is 0. The Morgan fingerprint density at radius 1 is 0.923 bits per heavy atom. The van der Waals surface area contributed by atoms with Gasteiger partial charge in [0, 0.05) is 37.1 Å². The molecular formula is C22H26N4. The van der Waals surface area contributed by atoms with Crippen molar-refractivity contribution >= 4 is 0 Å². The Hall–Kier alpha value is -2.46. The molecule has 0 atom stereocenters. The summed E-state index contributed by atoms with van der Waals surface area (Å²) in [4.78, 5) is 6.79. The van der Waals surface area contributed by atoms with Crippen molar-refractivity contribution in [2.45, 2.75) is 51.2 Å². The van der Waals surface area contributed by atoms with Crippen LogP contribution in [0.3, 0.4) is 0 Å². The average molecular weight is 346 g/mol. The largest absolute Gasteiger partial charge is 0.292 e. The van der Waals surface area contributed by atoms with E-state index < -0.39 is 0 Å². The number of aromatic amines is 1. The highest BCUT2D eigenvalue weighted by molar-refractivity contribution is 5.62. The molecule has 0 aliphatic heterocycles. The normalized spacial score (nSPS) is 15.4. The first-order chi connectivity index (χ1) is 12.9. The van der Waals surface area contributed by atoms with Gasteiger partial charge in [-0.1, -0.05) is 49.6 Å². The number of benzene rings is 1. The van der Waals surface area contributed by atoms with E-state index >= 15 is 0 Å². The van der Waals surface area contributed by atoms with Crippen molar-refractivity contribution in [3.63, 3.8) is 0 Å². The minimum Gasteiger partial charge on any atom is -0.292 e. The third-order valence-corrected chi connectivity index (χ3v) is 5.38. The van der Waals surface area contributed by atoms with Crippen LogP contribution in [0.2, 0.25) is 0 Å². The smallest absolute Gasteiger partial charge is 0.0695 e. The molecule has 1 fully saturated rings. The number of hydrogen-bond acceptors (Lipinski definition) is 3. The Morgan fingerprint density at radius 3 is 2.46 bits per heavy atom. The molecule has 0 spiro atoms. The molecule has 1 N–H and O–H groups in total. The van der Waals surface area contributed by atoms with Gasteiger partial charge in [-0.05, 0) is 36.1 Å². The van der Waals surface area contributed by atoms with Crippen LogP contribution in [0.4, 0.5) is 0 Å². The summed E-state index contributed by atoms with van der Waals surface area (Å²) < 4.78 is 0. The molecule has 1 aromatic carbocycles. The summed E-state index contributed by atoms with van der Waals surface area (Å²) in [6.45, 7) is 1.89. The van der Waals surface area contributed by atoms with Crippen LogP contribution in [0.15, 0.2) is 61.1 Å². The molecule has 0 radical (unpaired) electrons. The van der Waals surface area contributed by atoms with Crippen LogP contribution in [-0.4, -0.2) is 26.1 Å². The molecule has 26 heavy (non-hydrogen) atoms. The molecule has 1 aliphatic carbocycles. The number of nitrogens with zero attached hydrogens (tertiary/aromatic N) is 3. The lowest BCUT2D eigenvalue weighted by Crippen LogP contribution is -2.35. The maximum atomic E-state index is 4.34. The van der Waals surface area contributed by atoms with Gasteiger partial charge in [0.05, 0.1) is 11.9 Å². The molecule has 1 aliphatic rings. The van der Waals surface area contributed by atoms with Crippen molar-refractivity contribution in [3.8, 4) is 11.3 Å². The minimum absolute atomic E-state index is 0.649. The summed E-state index contributed by atoms with van der Waals surface area (Å²) in [6.07, 6.45) is 12.4. The van der Waals surface area contributed by atoms with Gasteiger partial charge in [-0.25, -0.2) is 0 Å². The zero-order chi connectivity index (χ0) is 17.6. The Labute approximate surface area is 155 Å². The second kappa shape index (κ2) is 8.28. The Morgan fingerprint density at radius 2 is 1.69 bits per heavy atom. The average Bonchev–Trinajstić information content (AvgIpc) is 3.18. The van der Waals surface area contributed by atoms with Crippen molar-refractivity contribution in [1.82, 2.24) is 20.1 Å². The molecule has 2 aromatic heterocycles. The predicted molar refractivity (Wildman–Crippen MR) is 104 cm³/mol. The van der Waals surface area contributed by atoms with E-state index in [0.717, 1.165) is 18.8 Å². The van der Waals surface area contributed by atoms with Crippen molar-refractivity contribution in [2.24, 2.45) is 0 Å². The van der Waals surface area contributed by atoms with Crippen LogP contribution < -0.4 is 0 Å². The molecule has 4 heteroatoms. The maximum Gasteiger partial charge on any atom is 0.0695 e. The van der Waals surface area contributed by atoms with E-state index in [-0.39, 0.29) is 0 Å². The summed E-state index contributed by atoms with van der Waals surface area (Å²) >= 11 is 0. The van der Waals surface area contributed by atoms with Gasteiger partial charge in [-0.15, -0.1) is 0 Å². The monoisotopic (exact) mass is 346 g/mol. The first kappa shape index (κ1) is 17.0. The highest BCUT2D eigenvalue weighted by Crippen LogP contribution is 2.28. The van der Waals surface area contributed by atoms with E-state index in [1.807, 2.05) is 18.6 Å². The van der Waals surface area contributed by atoms with Gasteiger partial charge in [-0.3, -0.25) is 15.0 Å². The molecule has 4 rings (SSSR count). The fourth-order valence-corrected chi connectivity index (χ4v) is 3.99. The van der Waals surface area contributed by atoms with Crippen LogP contribution >= 0.6 is 0 Å². The predicted octanol–water partition coefficient (Wildman–Crippen LogP) is 4.81. The van der Waals surface area contributed by atoms with Crippen LogP contribution in [0.25, 0.3) is 11.3 Å². The van der Waals surface area contributed by atoms with E-state index in [1.165, 1.54) is 48.8 Å². The van der Waals surface area contributed by atoms with Crippen molar-refractivity contribution in [3.05, 3.63) is 72.2 Å². The van der Waals surface area contributed by atoms with Crippen LogP contribution in [-0.2, 0) is 13.1 Å². The van der Waals surface area contributed by atoms with Crippen LogP contribution in [0, 0.1) is 0 Å². The second-order valence-electron chi connectivity index (χ2n) is 7.19. The van der Waals surface area contributed by atoms with Gasteiger partial charge in [0.2, 0.25) is 0 Å². The van der Waals surface area contributed by atoms with Gasteiger partial charge in [-0.2, -0.15) is 5.10 Å². The van der Waals surface area contributed by atoms with Crippen molar-refractivity contribution in [1.29, 1.82) is 0 Å². The van der Waals surface area contributed by atoms with E-state index in [9.17, 15) is 0 Å². The SMILES string of the molecule is c1ccc(-c2[nH]ncc2CN(Cc2ccncc2)C2CCCCC2)cc1. The lowest BCUT2D eigenvalue weighted by atomic mass is 9.93. The first-order valence-corrected chi connectivity index (χ1v) is 9.61. The quantitative estimate of drug-likeness (QED) is 0.697.